The van der Waals surface area contributed by atoms with Crippen molar-refractivity contribution in [1.29, 1.82) is 0 Å². The molecule has 5 heteroatoms. The van der Waals surface area contributed by atoms with Gasteiger partial charge in [0.25, 0.3) is 0 Å². The molecule has 0 spiro atoms. The van der Waals surface area contributed by atoms with Crippen LogP contribution in [0.2, 0.25) is 0 Å². The number of hydrogen-bond acceptors (Lipinski definition) is 5. The molecule has 0 bridgehead atoms. The van der Waals surface area contributed by atoms with Crippen LogP contribution >= 0.6 is 0 Å². The number of fused-ring (bicyclic) bond motifs is 2. The molecule has 9 atom stereocenters. The number of benzene rings is 6. The predicted octanol–water partition coefficient (Wildman–Crippen LogP) is 20.6. The number of rotatable bonds is 3. The molecule has 6 aromatic rings. The summed E-state index contributed by atoms with van der Waals surface area (Å²) in [6.07, 6.45) is 22.6. The summed E-state index contributed by atoms with van der Waals surface area (Å²) in [5.74, 6) is 4.41. The zero-order valence-electron chi connectivity index (χ0n) is 51.8. The Balaban J connectivity index is 0.000000180. The van der Waals surface area contributed by atoms with Gasteiger partial charge in [-0.3, -0.25) is 0 Å². The Hall–Kier alpha value is -6.04. The van der Waals surface area contributed by atoms with Gasteiger partial charge < -0.3 is 23.7 Å². The topological polar surface area (TPSA) is 46.2 Å². The van der Waals surface area contributed by atoms with Gasteiger partial charge in [-0.1, -0.05) is 157 Å². The van der Waals surface area contributed by atoms with Gasteiger partial charge in [0.15, 0.2) is 0 Å². The van der Waals surface area contributed by atoms with E-state index in [0.717, 1.165) is 44.0 Å². The number of allylic oxidation sites excluding steroid dienone is 4. The number of hydrogen-bond donors (Lipinski definition) is 0. The minimum Gasteiger partial charge on any atom is -0.501 e. The highest BCUT2D eigenvalue weighted by atomic mass is 16.5. The van der Waals surface area contributed by atoms with Crippen LogP contribution in [-0.2, 0) is 23.7 Å². The van der Waals surface area contributed by atoms with Crippen molar-refractivity contribution in [3.8, 4) is 22.3 Å². The van der Waals surface area contributed by atoms with Crippen LogP contribution in [0.25, 0.3) is 43.8 Å². The summed E-state index contributed by atoms with van der Waals surface area (Å²) in [6.45, 7) is 40.1. The number of aryl methyl sites for hydroxylation is 8. The van der Waals surface area contributed by atoms with Crippen LogP contribution in [-0.4, -0.2) is 38.1 Å². The van der Waals surface area contributed by atoms with Crippen LogP contribution in [0.5, 0.6) is 0 Å². The van der Waals surface area contributed by atoms with Gasteiger partial charge >= 0.3 is 0 Å². The summed E-state index contributed by atoms with van der Waals surface area (Å²) in [7, 11) is 0. The summed E-state index contributed by atoms with van der Waals surface area (Å²) in [5.41, 5.74) is 16.4. The Labute approximate surface area is 479 Å². The van der Waals surface area contributed by atoms with Gasteiger partial charge in [0.05, 0.1) is 43.9 Å². The third kappa shape index (κ3) is 19.3. The molecule has 5 aliphatic heterocycles. The van der Waals surface area contributed by atoms with Crippen molar-refractivity contribution in [1.82, 2.24) is 0 Å². The Bertz CT molecular complexity index is 2690. The van der Waals surface area contributed by atoms with E-state index in [9.17, 15) is 0 Å². The molecule has 426 valence electrons. The SMILES string of the molecule is CC1CC=COC1.CC1CC=COC1C.CC1CC=COC1C.CC1COC[C@H]1C.CCC1OC=CCC1C.Cc1cc(C)c(-c2c(C)cc(C)cc2C)c(C)c1.Cc1ccc2ccccc2c1-c1c(C)ccc2ccccc12. The smallest absolute Gasteiger partial charge is 0.100 e. The second kappa shape index (κ2) is 32.3. The normalized spacial score (nSPS) is 23.2. The molecule has 1 fully saturated rings. The second-order valence-electron chi connectivity index (χ2n) is 23.6. The van der Waals surface area contributed by atoms with Gasteiger partial charge in [0.2, 0.25) is 0 Å². The Morgan fingerprint density at radius 2 is 0.772 bits per heavy atom. The molecule has 0 saturated carbocycles. The van der Waals surface area contributed by atoms with Crippen LogP contribution in [0, 0.1) is 90.9 Å². The molecule has 0 N–H and O–H groups in total. The molecule has 0 radical (unpaired) electrons. The van der Waals surface area contributed by atoms with E-state index in [1.165, 1.54) is 114 Å². The van der Waals surface area contributed by atoms with Gasteiger partial charge in [-0.05, 0) is 238 Å². The van der Waals surface area contributed by atoms with Crippen molar-refractivity contribution in [2.45, 2.75) is 168 Å². The summed E-state index contributed by atoms with van der Waals surface area (Å²) in [4.78, 5) is 0. The molecule has 5 nitrogen and oxygen atoms in total. The zero-order valence-corrected chi connectivity index (χ0v) is 51.8. The average Bonchev–Trinajstić information content (AvgIpc) is 3.93. The van der Waals surface area contributed by atoms with Crippen LogP contribution in [0.4, 0.5) is 0 Å². The lowest BCUT2D eigenvalue weighted by Crippen LogP contribution is -2.20. The Morgan fingerprint density at radius 1 is 0.380 bits per heavy atom. The summed E-state index contributed by atoms with van der Waals surface area (Å²) < 4.78 is 25.9. The molecule has 1 saturated heterocycles. The van der Waals surface area contributed by atoms with E-state index in [1.807, 2.05) is 6.26 Å². The fraction of sp³-hybridized carbons (Fsp3) is 0.459. The van der Waals surface area contributed by atoms with Gasteiger partial charge in [0, 0.05) is 13.2 Å². The van der Waals surface area contributed by atoms with E-state index in [4.69, 9.17) is 23.7 Å². The Morgan fingerprint density at radius 3 is 1.06 bits per heavy atom. The van der Waals surface area contributed by atoms with Crippen molar-refractivity contribution in [3.05, 3.63) is 191 Å². The van der Waals surface area contributed by atoms with Crippen molar-refractivity contribution < 1.29 is 23.7 Å². The third-order valence-corrected chi connectivity index (χ3v) is 16.3. The Kier molecular flexibility index (Phi) is 26.1. The van der Waals surface area contributed by atoms with Crippen LogP contribution in [0.1, 0.15) is 139 Å². The maximum absolute atomic E-state index is 5.36. The zero-order chi connectivity index (χ0) is 57.6. The fourth-order valence-electron chi connectivity index (χ4n) is 10.7. The molecule has 5 heterocycles. The van der Waals surface area contributed by atoms with Crippen LogP contribution in [0.3, 0.4) is 0 Å². The summed E-state index contributed by atoms with van der Waals surface area (Å²) in [6, 6.07) is 35.4. The molecule has 6 aromatic carbocycles. The second-order valence-corrected chi connectivity index (χ2v) is 23.6. The minimum atomic E-state index is 0.417. The summed E-state index contributed by atoms with van der Waals surface area (Å²) >= 11 is 0. The first kappa shape index (κ1) is 63.8. The molecule has 79 heavy (non-hydrogen) atoms. The highest BCUT2D eigenvalue weighted by molar-refractivity contribution is 6.07. The lowest BCUT2D eigenvalue weighted by molar-refractivity contribution is 0.0769. The van der Waals surface area contributed by atoms with E-state index in [-0.39, 0.29) is 0 Å². The van der Waals surface area contributed by atoms with E-state index in [0.29, 0.717) is 36.1 Å². The van der Waals surface area contributed by atoms with Crippen molar-refractivity contribution in [2.75, 3.05) is 19.8 Å². The van der Waals surface area contributed by atoms with Gasteiger partial charge in [-0.15, -0.1) is 0 Å². The highest BCUT2D eigenvalue weighted by Gasteiger charge is 2.20. The first-order valence-electron chi connectivity index (χ1n) is 29.7. The van der Waals surface area contributed by atoms with Gasteiger partial charge in [-0.2, -0.15) is 0 Å². The largest absolute Gasteiger partial charge is 0.501 e. The molecule has 0 aliphatic carbocycles. The van der Waals surface area contributed by atoms with E-state index in [2.05, 4.69) is 239 Å². The molecular weight excluding hydrogens is 969 g/mol. The van der Waals surface area contributed by atoms with Crippen molar-refractivity contribution >= 4 is 21.5 Å². The molecule has 11 rings (SSSR count). The highest BCUT2D eigenvalue weighted by Crippen LogP contribution is 2.39. The maximum Gasteiger partial charge on any atom is 0.100 e. The maximum atomic E-state index is 5.36. The molecule has 8 unspecified atom stereocenters. The van der Waals surface area contributed by atoms with Crippen LogP contribution < -0.4 is 0 Å². The van der Waals surface area contributed by atoms with Gasteiger partial charge in [0.1, 0.15) is 6.10 Å². The lowest BCUT2D eigenvalue weighted by Gasteiger charge is -2.24. The van der Waals surface area contributed by atoms with E-state index >= 15 is 0 Å². The van der Waals surface area contributed by atoms with Crippen molar-refractivity contribution in [3.63, 3.8) is 0 Å². The van der Waals surface area contributed by atoms with E-state index in [1.54, 1.807) is 18.8 Å². The number of ether oxygens (including phenoxy) is 5. The molecule has 5 aliphatic rings. The summed E-state index contributed by atoms with van der Waals surface area (Å²) in [5, 5.41) is 5.27. The van der Waals surface area contributed by atoms with Crippen LogP contribution in [0.15, 0.2) is 146 Å². The first-order valence-corrected chi connectivity index (χ1v) is 29.7. The lowest BCUT2D eigenvalue weighted by atomic mass is 9.87. The third-order valence-electron chi connectivity index (χ3n) is 16.3. The van der Waals surface area contributed by atoms with Gasteiger partial charge in [-0.25, -0.2) is 0 Å². The van der Waals surface area contributed by atoms with Crippen molar-refractivity contribution in [2.24, 2.45) is 35.5 Å². The average molecular weight is 1070 g/mol. The minimum absolute atomic E-state index is 0.417. The monoisotopic (exact) mass is 1070 g/mol. The first-order chi connectivity index (χ1) is 37.8. The fourth-order valence-corrected chi connectivity index (χ4v) is 10.7. The molecular formula is C74H100O5. The van der Waals surface area contributed by atoms with E-state index < -0.39 is 0 Å². The molecule has 0 amide bonds. The standard InChI is InChI=1S/C22H18.C18H22.C8H14O.2C7H12O.C6H12O.C6H10O/c1-15-11-13-17-7-3-5-9-19(17)21(15)22-16(2)12-14-18-8-4-6-10-20(18)22;1-11-7-13(3)17(14(4)8-11)18-15(5)9-12(2)10-16(18)6;1-3-8-7(2)5-4-6-9-8;2*1-6-4-3-5-8-7(6)2;1-5-3-7-4-6(5)2;1-6-3-2-4-7-5-6/h3-14H,1-2H3;7-10H,1-6H3;4,6-8H,3,5H2,1-2H3;2*3,5-7H,4H2,1-2H3;5-6H,3-4H2,1-2H3;2,4,6H,3,5H2,1H3/t;;;;;5-,6?;/m.....1./s1. The molecule has 0 aromatic heterocycles. The quantitative estimate of drug-likeness (QED) is 0.177. The predicted molar refractivity (Wildman–Crippen MR) is 340 cm³/mol.